The van der Waals surface area contributed by atoms with Crippen molar-refractivity contribution in [1.82, 2.24) is 4.90 Å². The third-order valence-electron chi connectivity index (χ3n) is 2.71. The predicted octanol–water partition coefficient (Wildman–Crippen LogP) is 4.13. The minimum Gasteiger partial charge on any atom is -0.493 e. The minimum absolute atomic E-state index is 0.564. The first kappa shape index (κ1) is 19.8. The Bertz CT molecular complexity index is 506. The molecule has 0 fully saturated rings. The molecule has 0 aliphatic heterocycles. The molecule has 0 spiro atoms. The quantitative estimate of drug-likeness (QED) is 0.341. The summed E-state index contributed by atoms with van der Waals surface area (Å²) in [6.45, 7) is 13.2. The average molecular weight is 314 g/mol. The monoisotopic (exact) mass is 314 g/mol. The molecule has 0 radical (unpaired) electrons. The number of ether oxygens (including phenoxy) is 1. The van der Waals surface area contributed by atoms with E-state index in [1.807, 2.05) is 6.20 Å². The highest BCUT2D eigenvalue weighted by Gasteiger charge is 2.04. The van der Waals surface area contributed by atoms with E-state index in [-0.39, 0.29) is 0 Å². The van der Waals surface area contributed by atoms with Crippen molar-refractivity contribution in [2.24, 2.45) is 4.99 Å². The number of hydrogen-bond acceptors (Lipinski definition) is 3. The lowest BCUT2D eigenvalue weighted by Crippen LogP contribution is -2.16. The second-order valence-corrected chi connectivity index (χ2v) is 4.06. The Morgan fingerprint density at radius 2 is 1.73 bits per heavy atom. The summed E-state index contributed by atoms with van der Waals surface area (Å²) in [6, 6.07) is 2.82. The number of rotatable bonds is 6. The number of halogens is 3. The van der Waals surface area contributed by atoms with Crippen LogP contribution in [0.25, 0.3) is 0 Å². The molecule has 0 aliphatic carbocycles. The van der Waals surface area contributed by atoms with Gasteiger partial charge in [0.2, 0.25) is 0 Å². The molecule has 122 valence electrons. The topological polar surface area (TPSA) is 24.8 Å². The Labute approximate surface area is 129 Å². The summed E-state index contributed by atoms with van der Waals surface area (Å²) < 4.78 is 41.0. The maximum atomic E-state index is 12.0. The van der Waals surface area contributed by atoms with E-state index in [4.69, 9.17) is 4.74 Å². The molecule has 0 bridgehead atoms. The van der Waals surface area contributed by atoms with Crippen LogP contribution < -0.4 is 0 Å². The van der Waals surface area contributed by atoms with Gasteiger partial charge >= 0.3 is 0 Å². The number of methoxy groups -OCH3 is 1. The SMILES string of the molecule is C=NC(=C)/C(=C\N(CC)CC)OC.Fc1cccc(F)c1F. The van der Waals surface area contributed by atoms with Gasteiger partial charge in [-0.3, -0.25) is 4.99 Å². The summed E-state index contributed by atoms with van der Waals surface area (Å²) in [7, 11) is 1.60. The molecule has 1 aromatic carbocycles. The maximum absolute atomic E-state index is 12.0. The highest BCUT2D eigenvalue weighted by molar-refractivity contribution is 5.34. The van der Waals surface area contributed by atoms with Crippen LogP contribution in [0.5, 0.6) is 0 Å². The van der Waals surface area contributed by atoms with Crippen molar-refractivity contribution in [3.63, 3.8) is 0 Å². The predicted molar refractivity (Wildman–Crippen MR) is 83.0 cm³/mol. The van der Waals surface area contributed by atoms with Gasteiger partial charge in [-0.25, -0.2) is 13.2 Å². The summed E-state index contributed by atoms with van der Waals surface area (Å²) in [6.07, 6.45) is 1.90. The Balaban J connectivity index is 0.000000425. The number of aliphatic imine (C=N–C) groups is 1. The Hall–Kier alpha value is -2.24. The van der Waals surface area contributed by atoms with Crippen molar-refractivity contribution in [3.8, 4) is 0 Å². The minimum atomic E-state index is -1.42. The molecule has 0 unspecified atom stereocenters. The van der Waals surface area contributed by atoms with Crippen molar-refractivity contribution in [2.75, 3.05) is 20.2 Å². The molecule has 1 rings (SSSR count). The van der Waals surface area contributed by atoms with Crippen LogP contribution in [0.4, 0.5) is 13.2 Å². The Kier molecular flexibility index (Phi) is 9.41. The van der Waals surface area contributed by atoms with Crippen LogP contribution >= 0.6 is 0 Å². The Morgan fingerprint density at radius 3 is 2.05 bits per heavy atom. The first-order valence-corrected chi connectivity index (χ1v) is 6.66. The van der Waals surface area contributed by atoms with Crippen molar-refractivity contribution in [3.05, 3.63) is 59.9 Å². The van der Waals surface area contributed by atoms with Gasteiger partial charge in [0.15, 0.2) is 23.2 Å². The molecular formula is C16H21F3N2O. The lowest BCUT2D eigenvalue weighted by molar-refractivity contribution is 0.282. The highest BCUT2D eigenvalue weighted by atomic mass is 19.2. The average Bonchev–Trinajstić information content (AvgIpc) is 2.53. The van der Waals surface area contributed by atoms with Crippen LogP contribution in [0.15, 0.2) is 47.4 Å². The summed E-state index contributed by atoms with van der Waals surface area (Å²) in [5.41, 5.74) is 0.564. The second kappa shape index (κ2) is 10.5. The van der Waals surface area contributed by atoms with E-state index in [0.717, 1.165) is 31.3 Å². The highest BCUT2D eigenvalue weighted by Crippen LogP contribution is 2.10. The van der Waals surface area contributed by atoms with Crippen LogP contribution in [0.2, 0.25) is 0 Å². The fourth-order valence-electron chi connectivity index (χ4n) is 1.37. The molecule has 0 atom stereocenters. The lowest BCUT2D eigenvalue weighted by Gasteiger charge is -2.17. The van der Waals surface area contributed by atoms with Gasteiger partial charge in [0.25, 0.3) is 0 Å². The fraction of sp³-hybridized carbons (Fsp3) is 0.312. The molecule has 22 heavy (non-hydrogen) atoms. The van der Waals surface area contributed by atoms with Crippen LogP contribution in [0.3, 0.4) is 0 Å². The van der Waals surface area contributed by atoms with Gasteiger partial charge in [0, 0.05) is 19.3 Å². The molecule has 0 N–H and O–H groups in total. The van der Waals surface area contributed by atoms with Crippen LogP contribution in [-0.4, -0.2) is 31.8 Å². The maximum Gasteiger partial charge on any atom is 0.194 e. The van der Waals surface area contributed by atoms with Gasteiger partial charge < -0.3 is 9.64 Å². The van der Waals surface area contributed by atoms with Crippen molar-refractivity contribution in [2.45, 2.75) is 13.8 Å². The normalized spacial score (nSPS) is 10.4. The number of benzene rings is 1. The van der Waals surface area contributed by atoms with E-state index in [2.05, 4.69) is 37.0 Å². The largest absolute Gasteiger partial charge is 0.493 e. The number of hydrogen-bond donors (Lipinski definition) is 0. The van der Waals surface area contributed by atoms with Crippen LogP contribution in [-0.2, 0) is 4.74 Å². The molecule has 0 saturated carbocycles. The molecule has 0 amide bonds. The van der Waals surface area contributed by atoms with Crippen molar-refractivity contribution >= 4 is 6.72 Å². The first-order valence-electron chi connectivity index (χ1n) is 6.66. The Morgan fingerprint density at radius 1 is 1.23 bits per heavy atom. The van der Waals surface area contributed by atoms with Gasteiger partial charge in [0.1, 0.15) is 0 Å². The summed E-state index contributed by atoms with van der Waals surface area (Å²) >= 11 is 0. The third-order valence-corrected chi connectivity index (χ3v) is 2.71. The lowest BCUT2D eigenvalue weighted by atomic mass is 10.3. The van der Waals surface area contributed by atoms with E-state index in [1.54, 1.807) is 7.11 Å². The molecule has 0 aliphatic rings. The third kappa shape index (κ3) is 6.47. The summed E-state index contributed by atoms with van der Waals surface area (Å²) in [5.74, 6) is -3.07. The molecule has 0 heterocycles. The zero-order chi connectivity index (χ0) is 17.1. The number of nitrogens with zero attached hydrogens (tertiary/aromatic N) is 2. The first-order chi connectivity index (χ1) is 10.4. The fourth-order valence-corrected chi connectivity index (χ4v) is 1.37. The van der Waals surface area contributed by atoms with E-state index >= 15 is 0 Å². The molecular weight excluding hydrogens is 293 g/mol. The van der Waals surface area contributed by atoms with E-state index in [9.17, 15) is 13.2 Å². The van der Waals surface area contributed by atoms with E-state index < -0.39 is 17.5 Å². The molecule has 1 aromatic rings. The molecule has 6 heteroatoms. The smallest absolute Gasteiger partial charge is 0.194 e. The molecule has 3 nitrogen and oxygen atoms in total. The van der Waals surface area contributed by atoms with E-state index in [0.29, 0.717) is 11.5 Å². The zero-order valence-electron chi connectivity index (χ0n) is 13.1. The summed E-state index contributed by atoms with van der Waals surface area (Å²) in [5, 5.41) is 0. The van der Waals surface area contributed by atoms with Crippen molar-refractivity contribution in [1.29, 1.82) is 0 Å². The standard InChI is InChI=1S/C10H18N2O.C6H3F3/c1-6-12(7-2)8-10(13-5)9(3)11-4;7-4-2-1-3-5(8)6(4)9/h8H,3-4,6-7H2,1-2,5H3;1-3H/b10-8+;. The van der Waals surface area contributed by atoms with Crippen LogP contribution in [0, 0.1) is 17.5 Å². The molecule has 0 saturated heterocycles. The van der Waals surface area contributed by atoms with Gasteiger partial charge in [-0.1, -0.05) is 12.6 Å². The van der Waals surface area contributed by atoms with E-state index in [1.165, 1.54) is 0 Å². The van der Waals surface area contributed by atoms with Gasteiger partial charge in [0.05, 0.1) is 12.8 Å². The van der Waals surface area contributed by atoms with Gasteiger partial charge in [-0.2, -0.15) is 0 Å². The summed E-state index contributed by atoms with van der Waals surface area (Å²) in [4.78, 5) is 5.82. The molecule has 0 aromatic heterocycles. The van der Waals surface area contributed by atoms with Gasteiger partial charge in [-0.15, -0.1) is 0 Å². The van der Waals surface area contributed by atoms with Crippen molar-refractivity contribution < 1.29 is 17.9 Å². The second-order valence-electron chi connectivity index (χ2n) is 4.06. The van der Waals surface area contributed by atoms with Crippen LogP contribution in [0.1, 0.15) is 13.8 Å². The zero-order valence-corrected chi connectivity index (χ0v) is 13.1. The van der Waals surface area contributed by atoms with Gasteiger partial charge in [-0.05, 0) is 32.7 Å².